The summed E-state index contributed by atoms with van der Waals surface area (Å²) >= 11 is 0. The Bertz CT molecular complexity index is 1330. The molecule has 0 fully saturated rings. The van der Waals surface area contributed by atoms with Gasteiger partial charge in [-0.1, -0.05) is 45.0 Å². The molecular formula is C24H20N4O. The van der Waals surface area contributed by atoms with Crippen molar-refractivity contribution in [1.29, 1.82) is 0 Å². The molecule has 5 nitrogen and oxygen atoms in total. The standard InChI is InChI=1S/C24H20N4O/c1-24(2,3)23-27-21(26-22(28-23)18-9-6-7-13-25-18)15-11-12-20-17(14-15)16-8-4-5-10-19(16)29-20/h4-14H,1-3H3. The second kappa shape index (κ2) is 6.48. The van der Waals surface area contributed by atoms with Crippen LogP contribution in [0, 0.1) is 0 Å². The molecule has 5 heteroatoms. The van der Waals surface area contributed by atoms with Crippen molar-refractivity contribution in [1.82, 2.24) is 19.9 Å². The summed E-state index contributed by atoms with van der Waals surface area (Å²) in [6, 6.07) is 19.8. The van der Waals surface area contributed by atoms with Crippen LogP contribution in [0.4, 0.5) is 0 Å². The molecule has 142 valence electrons. The molecule has 29 heavy (non-hydrogen) atoms. The molecule has 0 saturated carbocycles. The molecule has 0 aliphatic heterocycles. The highest BCUT2D eigenvalue weighted by molar-refractivity contribution is 6.06. The lowest BCUT2D eigenvalue weighted by atomic mass is 9.95. The maximum absolute atomic E-state index is 5.95. The number of para-hydroxylation sites is 1. The Hall–Kier alpha value is -3.60. The quantitative estimate of drug-likeness (QED) is 0.387. The van der Waals surface area contributed by atoms with E-state index in [1.54, 1.807) is 6.20 Å². The van der Waals surface area contributed by atoms with Gasteiger partial charge in [0.2, 0.25) is 0 Å². The van der Waals surface area contributed by atoms with Gasteiger partial charge in [-0.05, 0) is 36.4 Å². The zero-order valence-corrected chi connectivity index (χ0v) is 16.5. The monoisotopic (exact) mass is 380 g/mol. The fraction of sp³-hybridized carbons (Fsp3) is 0.167. The first-order valence-corrected chi connectivity index (χ1v) is 9.59. The van der Waals surface area contributed by atoms with Gasteiger partial charge in [-0.2, -0.15) is 0 Å². The summed E-state index contributed by atoms with van der Waals surface area (Å²) < 4.78 is 5.95. The van der Waals surface area contributed by atoms with Crippen LogP contribution in [-0.2, 0) is 5.41 Å². The molecule has 0 spiro atoms. The van der Waals surface area contributed by atoms with E-state index >= 15 is 0 Å². The SMILES string of the molecule is CC(C)(C)c1nc(-c2ccc3oc4ccccc4c3c2)nc(-c2ccccn2)n1. The maximum atomic E-state index is 5.95. The number of rotatable bonds is 2. The van der Waals surface area contributed by atoms with E-state index in [4.69, 9.17) is 19.4 Å². The fourth-order valence-electron chi connectivity index (χ4n) is 3.32. The van der Waals surface area contributed by atoms with E-state index in [1.165, 1.54) is 0 Å². The van der Waals surface area contributed by atoms with Gasteiger partial charge in [0, 0.05) is 27.9 Å². The molecule has 0 bridgehead atoms. The summed E-state index contributed by atoms with van der Waals surface area (Å²) in [5.41, 5.74) is 3.17. The number of hydrogen-bond acceptors (Lipinski definition) is 5. The van der Waals surface area contributed by atoms with E-state index in [1.807, 2.05) is 48.5 Å². The minimum atomic E-state index is -0.215. The van der Waals surface area contributed by atoms with Crippen LogP contribution in [0.3, 0.4) is 0 Å². The average Bonchev–Trinajstić information content (AvgIpc) is 3.11. The number of nitrogens with zero attached hydrogens (tertiary/aromatic N) is 4. The van der Waals surface area contributed by atoms with Crippen LogP contribution < -0.4 is 0 Å². The summed E-state index contributed by atoms with van der Waals surface area (Å²) in [6.07, 6.45) is 1.75. The van der Waals surface area contributed by atoms with Crippen LogP contribution in [0.5, 0.6) is 0 Å². The summed E-state index contributed by atoms with van der Waals surface area (Å²) in [7, 11) is 0. The van der Waals surface area contributed by atoms with Crippen molar-refractivity contribution in [2.75, 3.05) is 0 Å². The van der Waals surface area contributed by atoms with E-state index in [0.717, 1.165) is 39.0 Å². The van der Waals surface area contributed by atoms with Crippen LogP contribution in [-0.4, -0.2) is 19.9 Å². The summed E-state index contributed by atoms with van der Waals surface area (Å²) in [5, 5.41) is 2.13. The van der Waals surface area contributed by atoms with Crippen molar-refractivity contribution in [3.8, 4) is 22.9 Å². The van der Waals surface area contributed by atoms with Gasteiger partial charge in [0.15, 0.2) is 11.6 Å². The van der Waals surface area contributed by atoms with Crippen LogP contribution in [0.25, 0.3) is 44.8 Å². The Morgan fingerprint density at radius 1 is 0.724 bits per heavy atom. The van der Waals surface area contributed by atoms with Gasteiger partial charge in [0.1, 0.15) is 22.7 Å². The first-order chi connectivity index (χ1) is 14.0. The smallest absolute Gasteiger partial charge is 0.182 e. The van der Waals surface area contributed by atoms with Crippen LogP contribution >= 0.6 is 0 Å². The number of furan rings is 1. The average molecular weight is 380 g/mol. The second-order valence-electron chi connectivity index (χ2n) is 8.08. The summed E-state index contributed by atoms with van der Waals surface area (Å²) in [4.78, 5) is 18.7. The molecule has 3 aromatic heterocycles. The Kier molecular flexibility index (Phi) is 3.91. The first-order valence-electron chi connectivity index (χ1n) is 9.59. The minimum absolute atomic E-state index is 0.215. The molecule has 0 amide bonds. The highest BCUT2D eigenvalue weighted by Gasteiger charge is 2.21. The normalized spacial score (nSPS) is 12.0. The Morgan fingerprint density at radius 3 is 2.28 bits per heavy atom. The second-order valence-corrected chi connectivity index (χ2v) is 8.08. The molecule has 5 rings (SSSR count). The highest BCUT2D eigenvalue weighted by Crippen LogP contribution is 2.32. The van der Waals surface area contributed by atoms with Gasteiger partial charge in [-0.25, -0.2) is 15.0 Å². The molecule has 0 atom stereocenters. The molecule has 0 aliphatic carbocycles. The number of pyridine rings is 1. The topological polar surface area (TPSA) is 64.7 Å². The van der Waals surface area contributed by atoms with Gasteiger partial charge in [0.05, 0.1) is 0 Å². The lowest BCUT2D eigenvalue weighted by Gasteiger charge is -2.18. The molecule has 5 aromatic rings. The zero-order valence-electron chi connectivity index (χ0n) is 16.5. The van der Waals surface area contributed by atoms with E-state index in [-0.39, 0.29) is 5.41 Å². The molecule has 0 saturated heterocycles. The van der Waals surface area contributed by atoms with Crippen LogP contribution in [0.15, 0.2) is 71.3 Å². The molecule has 0 radical (unpaired) electrons. The number of benzene rings is 2. The number of hydrogen-bond donors (Lipinski definition) is 0. The van der Waals surface area contributed by atoms with E-state index in [9.17, 15) is 0 Å². The van der Waals surface area contributed by atoms with Crippen molar-refractivity contribution >= 4 is 21.9 Å². The summed E-state index contributed by atoms with van der Waals surface area (Å²) in [6.45, 7) is 6.29. The molecule has 0 unspecified atom stereocenters. The third-order valence-electron chi connectivity index (χ3n) is 4.84. The minimum Gasteiger partial charge on any atom is -0.456 e. The van der Waals surface area contributed by atoms with E-state index in [0.29, 0.717) is 11.6 Å². The maximum Gasteiger partial charge on any atom is 0.182 e. The van der Waals surface area contributed by atoms with Gasteiger partial charge >= 0.3 is 0 Å². The highest BCUT2D eigenvalue weighted by atomic mass is 16.3. The van der Waals surface area contributed by atoms with Crippen LogP contribution in [0.2, 0.25) is 0 Å². The van der Waals surface area contributed by atoms with Gasteiger partial charge in [-0.15, -0.1) is 0 Å². The molecular weight excluding hydrogens is 360 g/mol. The van der Waals surface area contributed by atoms with Gasteiger partial charge < -0.3 is 4.42 Å². The third kappa shape index (κ3) is 3.14. The van der Waals surface area contributed by atoms with Crippen molar-refractivity contribution in [3.63, 3.8) is 0 Å². The van der Waals surface area contributed by atoms with Crippen molar-refractivity contribution in [3.05, 3.63) is 72.7 Å². The largest absolute Gasteiger partial charge is 0.456 e. The lowest BCUT2D eigenvalue weighted by molar-refractivity contribution is 0.543. The van der Waals surface area contributed by atoms with Gasteiger partial charge in [0.25, 0.3) is 0 Å². The predicted molar refractivity (Wildman–Crippen MR) is 114 cm³/mol. The van der Waals surface area contributed by atoms with Gasteiger partial charge in [-0.3, -0.25) is 4.98 Å². The Morgan fingerprint density at radius 2 is 1.48 bits per heavy atom. The number of fused-ring (bicyclic) bond motifs is 3. The molecule has 0 N–H and O–H groups in total. The Labute approximate surface area is 168 Å². The van der Waals surface area contributed by atoms with E-state index in [2.05, 4.69) is 37.9 Å². The number of aromatic nitrogens is 4. The molecule has 2 aromatic carbocycles. The fourth-order valence-corrected chi connectivity index (χ4v) is 3.32. The third-order valence-corrected chi connectivity index (χ3v) is 4.84. The Balaban J connectivity index is 1.73. The van der Waals surface area contributed by atoms with Crippen molar-refractivity contribution < 1.29 is 4.42 Å². The first kappa shape index (κ1) is 17.5. The lowest BCUT2D eigenvalue weighted by Crippen LogP contribution is -2.18. The van der Waals surface area contributed by atoms with Crippen molar-refractivity contribution in [2.24, 2.45) is 0 Å². The molecule has 0 aliphatic rings. The summed E-state index contributed by atoms with van der Waals surface area (Å²) in [5.74, 6) is 1.95. The van der Waals surface area contributed by atoms with Crippen molar-refractivity contribution in [2.45, 2.75) is 26.2 Å². The zero-order chi connectivity index (χ0) is 20.0. The predicted octanol–water partition coefficient (Wildman–Crippen LogP) is 5.80. The molecule has 3 heterocycles. The van der Waals surface area contributed by atoms with Crippen LogP contribution in [0.1, 0.15) is 26.6 Å². The van der Waals surface area contributed by atoms with E-state index < -0.39 is 0 Å².